The molecule has 2 atom stereocenters. The first-order valence-electron chi connectivity index (χ1n) is 6.52. The van der Waals surface area contributed by atoms with Crippen molar-refractivity contribution in [2.24, 2.45) is 0 Å². The van der Waals surface area contributed by atoms with Crippen molar-refractivity contribution >= 4 is 5.91 Å². The topological polar surface area (TPSA) is 61.4 Å². The Balaban J connectivity index is 1.97. The van der Waals surface area contributed by atoms with E-state index in [1.807, 2.05) is 0 Å². The Morgan fingerprint density at radius 1 is 1.42 bits per heavy atom. The van der Waals surface area contributed by atoms with Crippen LogP contribution in [0.5, 0.6) is 5.75 Å². The molecule has 0 aromatic heterocycles. The molecule has 104 valence electrons. The van der Waals surface area contributed by atoms with Crippen LogP contribution in [0, 0.1) is 5.82 Å². The van der Waals surface area contributed by atoms with E-state index >= 15 is 0 Å². The summed E-state index contributed by atoms with van der Waals surface area (Å²) < 4.78 is 13.2. The summed E-state index contributed by atoms with van der Waals surface area (Å²) in [5.74, 6) is -0.446. The number of halogens is 1. The highest BCUT2D eigenvalue weighted by atomic mass is 19.1. The van der Waals surface area contributed by atoms with E-state index in [0.29, 0.717) is 11.6 Å². The van der Waals surface area contributed by atoms with Gasteiger partial charge in [-0.2, -0.15) is 0 Å². The summed E-state index contributed by atoms with van der Waals surface area (Å²) in [4.78, 5) is 11.8. The minimum Gasteiger partial charge on any atom is -0.508 e. The molecule has 1 aromatic rings. The van der Waals surface area contributed by atoms with Crippen molar-refractivity contribution in [3.8, 4) is 5.75 Å². The molecule has 3 N–H and O–H groups in total. The van der Waals surface area contributed by atoms with Crippen molar-refractivity contribution in [1.29, 1.82) is 0 Å². The highest BCUT2D eigenvalue weighted by Crippen LogP contribution is 2.25. The third kappa shape index (κ3) is 3.67. The van der Waals surface area contributed by atoms with Gasteiger partial charge in [0, 0.05) is 17.6 Å². The molecular formula is C14H19FN2O2. The highest BCUT2D eigenvalue weighted by molar-refractivity contribution is 5.81. The van der Waals surface area contributed by atoms with E-state index in [1.54, 1.807) is 13.8 Å². The molecule has 1 fully saturated rings. The van der Waals surface area contributed by atoms with E-state index < -0.39 is 11.9 Å². The van der Waals surface area contributed by atoms with Crippen LogP contribution in [-0.2, 0) is 4.79 Å². The van der Waals surface area contributed by atoms with Crippen LogP contribution >= 0.6 is 0 Å². The van der Waals surface area contributed by atoms with Crippen LogP contribution in [-0.4, -0.2) is 23.1 Å². The summed E-state index contributed by atoms with van der Waals surface area (Å²) in [5.41, 5.74) is 0.450. The van der Waals surface area contributed by atoms with Crippen LogP contribution in [0.4, 0.5) is 4.39 Å². The smallest absolute Gasteiger partial charge is 0.237 e. The molecule has 0 aliphatic heterocycles. The number of rotatable bonds is 5. The van der Waals surface area contributed by atoms with Crippen molar-refractivity contribution in [2.45, 2.75) is 44.8 Å². The molecule has 1 saturated carbocycles. The van der Waals surface area contributed by atoms with Gasteiger partial charge in [0.25, 0.3) is 0 Å². The minimum absolute atomic E-state index is 0.0243. The summed E-state index contributed by atoms with van der Waals surface area (Å²) in [7, 11) is 0. The van der Waals surface area contributed by atoms with Gasteiger partial charge in [0.1, 0.15) is 11.6 Å². The Bertz CT molecular complexity index is 475. The number of aromatic hydroxyl groups is 1. The van der Waals surface area contributed by atoms with Gasteiger partial charge in [0.2, 0.25) is 5.91 Å². The van der Waals surface area contributed by atoms with Gasteiger partial charge in [0.15, 0.2) is 0 Å². The zero-order valence-corrected chi connectivity index (χ0v) is 11.1. The first kappa shape index (κ1) is 13.8. The van der Waals surface area contributed by atoms with Crippen LogP contribution in [0.2, 0.25) is 0 Å². The zero-order chi connectivity index (χ0) is 14.0. The molecule has 4 nitrogen and oxygen atoms in total. The van der Waals surface area contributed by atoms with Gasteiger partial charge < -0.3 is 10.4 Å². The average molecular weight is 266 g/mol. The normalized spacial score (nSPS) is 17.8. The van der Waals surface area contributed by atoms with E-state index in [4.69, 9.17) is 0 Å². The van der Waals surface area contributed by atoms with Crippen molar-refractivity contribution in [2.75, 3.05) is 0 Å². The highest BCUT2D eigenvalue weighted by Gasteiger charge is 2.26. The maximum Gasteiger partial charge on any atom is 0.237 e. The van der Waals surface area contributed by atoms with Crippen LogP contribution in [0.1, 0.15) is 38.3 Å². The van der Waals surface area contributed by atoms with Gasteiger partial charge in [-0.05, 0) is 44.9 Å². The number of phenolic OH excluding ortho intramolecular Hbond substituents is 1. The first-order valence-corrected chi connectivity index (χ1v) is 6.52. The van der Waals surface area contributed by atoms with Crippen LogP contribution in [0.25, 0.3) is 0 Å². The maximum absolute atomic E-state index is 13.2. The minimum atomic E-state index is -0.406. The lowest BCUT2D eigenvalue weighted by molar-refractivity contribution is -0.123. The van der Waals surface area contributed by atoms with Gasteiger partial charge in [-0.1, -0.05) is 0 Å². The van der Waals surface area contributed by atoms with E-state index in [0.717, 1.165) is 12.8 Å². The predicted octanol–water partition coefficient (Wildman–Crippen LogP) is 1.85. The number of phenols is 1. The number of benzene rings is 1. The summed E-state index contributed by atoms with van der Waals surface area (Å²) in [5, 5.41) is 15.7. The van der Waals surface area contributed by atoms with E-state index in [1.165, 1.54) is 18.2 Å². The lowest BCUT2D eigenvalue weighted by Gasteiger charge is -2.20. The second-order valence-electron chi connectivity index (χ2n) is 5.10. The molecule has 1 aliphatic rings. The molecule has 2 unspecified atom stereocenters. The summed E-state index contributed by atoms with van der Waals surface area (Å²) in [6.45, 7) is 3.54. The quantitative estimate of drug-likeness (QED) is 0.762. The second-order valence-corrected chi connectivity index (χ2v) is 5.10. The number of nitrogens with one attached hydrogen (secondary N) is 2. The van der Waals surface area contributed by atoms with Gasteiger partial charge in [0.05, 0.1) is 6.04 Å². The predicted molar refractivity (Wildman–Crippen MR) is 70.2 cm³/mol. The lowest BCUT2D eigenvalue weighted by Crippen LogP contribution is -2.43. The number of carbonyl (C=O) groups excluding carboxylic acids is 1. The monoisotopic (exact) mass is 266 g/mol. The standard InChI is InChI=1S/C14H19FN2O2/c1-8(12-7-10(15)3-6-13(12)18)16-9(2)14(19)17-11-4-5-11/h3,6-9,11,16,18H,4-5H2,1-2H3,(H,17,19). The molecule has 1 amide bonds. The Morgan fingerprint density at radius 3 is 2.74 bits per heavy atom. The van der Waals surface area contributed by atoms with E-state index in [2.05, 4.69) is 10.6 Å². The SMILES string of the molecule is CC(NC(C)c1cc(F)ccc1O)C(=O)NC1CC1. The zero-order valence-electron chi connectivity index (χ0n) is 11.1. The van der Waals surface area contributed by atoms with E-state index in [9.17, 15) is 14.3 Å². The van der Waals surface area contributed by atoms with Crippen molar-refractivity contribution in [3.63, 3.8) is 0 Å². The molecule has 1 aromatic carbocycles. The van der Waals surface area contributed by atoms with Crippen molar-refractivity contribution in [3.05, 3.63) is 29.6 Å². The van der Waals surface area contributed by atoms with Crippen LogP contribution < -0.4 is 10.6 Å². The molecule has 0 spiro atoms. The maximum atomic E-state index is 13.2. The summed E-state index contributed by atoms with van der Waals surface area (Å²) in [6.07, 6.45) is 2.08. The molecule has 5 heteroatoms. The Labute approximate surface area is 112 Å². The van der Waals surface area contributed by atoms with Gasteiger partial charge in [-0.15, -0.1) is 0 Å². The second kappa shape index (κ2) is 5.57. The number of amides is 1. The van der Waals surface area contributed by atoms with Crippen LogP contribution in [0.3, 0.4) is 0 Å². The number of carbonyl (C=O) groups is 1. The molecule has 1 aliphatic carbocycles. The lowest BCUT2D eigenvalue weighted by atomic mass is 10.1. The van der Waals surface area contributed by atoms with E-state index in [-0.39, 0.29) is 17.7 Å². The molecular weight excluding hydrogens is 247 g/mol. The van der Waals surface area contributed by atoms with Gasteiger partial charge in [-0.25, -0.2) is 4.39 Å². The Kier molecular flexibility index (Phi) is 4.04. The summed E-state index contributed by atoms with van der Waals surface area (Å²) >= 11 is 0. The number of hydrogen-bond acceptors (Lipinski definition) is 3. The molecule has 0 saturated heterocycles. The van der Waals surface area contributed by atoms with Crippen molar-refractivity contribution in [1.82, 2.24) is 10.6 Å². The fourth-order valence-corrected chi connectivity index (χ4v) is 1.97. The molecule has 0 heterocycles. The first-order chi connectivity index (χ1) is 8.97. The summed E-state index contributed by atoms with van der Waals surface area (Å²) in [6, 6.07) is 3.41. The molecule has 2 rings (SSSR count). The Hall–Kier alpha value is -1.62. The fraction of sp³-hybridized carbons (Fsp3) is 0.500. The third-order valence-corrected chi connectivity index (χ3v) is 3.27. The average Bonchev–Trinajstić information content (AvgIpc) is 3.15. The third-order valence-electron chi connectivity index (χ3n) is 3.27. The molecule has 0 radical (unpaired) electrons. The Morgan fingerprint density at radius 2 is 2.11 bits per heavy atom. The van der Waals surface area contributed by atoms with Gasteiger partial charge in [-0.3, -0.25) is 10.1 Å². The largest absolute Gasteiger partial charge is 0.508 e. The fourth-order valence-electron chi connectivity index (χ4n) is 1.97. The van der Waals surface area contributed by atoms with Crippen molar-refractivity contribution < 1.29 is 14.3 Å². The molecule has 0 bridgehead atoms. The molecule has 19 heavy (non-hydrogen) atoms. The van der Waals surface area contributed by atoms with Gasteiger partial charge >= 0.3 is 0 Å². The van der Waals surface area contributed by atoms with Crippen LogP contribution in [0.15, 0.2) is 18.2 Å². The number of hydrogen-bond donors (Lipinski definition) is 3.